The number of aliphatic imine (C=N–C) groups is 1. The van der Waals surface area contributed by atoms with Gasteiger partial charge in [0.05, 0.1) is 41.5 Å². The van der Waals surface area contributed by atoms with Gasteiger partial charge in [-0.15, -0.1) is 11.8 Å². The summed E-state index contributed by atoms with van der Waals surface area (Å²) in [7, 11) is 2.88. The van der Waals surface area contributed by atoms with Crippen LogP contribution in [0.2, 0.25) is 0 Å². The van der Waals surface area contributed by atoms with E-state index in [-0.39, 0.29) is 110 Å². The number of hydrogen-bond acceptors (Lipinski definition) is 17. The van der Waals surface area contributed by atoms with Crippen LogP contribution in [-0.4, -0.2) is 168 Å². The van der Waals surface area contributed by atoms with Crippen LogP contribution in [0, 0.1) is 11.8 Å². The van der Waals surface area contributed by atoms with Crippen LogP contribution in [0.15, 0.2) is 63.5 Å². The molecule has 4 heterocycles. The highest BCUT2D eigenvalue weighted by Crippen LogP contribution is 2.30. The Morgan fingerprint density at radius 1 is 1.03 bits per heavy atom. The lowest BCUT2D eigenvalue weighted by Gasteiger charge is -2.39. The molecule has 0 aromatic heterocycles. The van der Waals surface area contributed by atoms with Gasteiger partial charge in [-0.1, -0.05) is 38.2 Å². The first-order chi connectivity index (χ1) is 32.9. The molecular weight excluding hydrogens is 913 g/mol. The maximum atomic E-state index is 14.1. The van der Waals surface area contributed by atoms with Crippen molar-refractivity contribution in [2.75, 3.05) is 59.3 Å². The normalized spacial score (nSPS) is 30.5. The Hall–Kier alpha value is -5.35. The van der Waals surface area contributed by atoms with E-state index in [9.17, 15) is 43.8 Å². The SMILES string of the molecule is CO[C@H]1/C=C\C=C(/C)C(=O)NC2=CC(=O)C(NCCCNC(=O)CCCN3C(=O)CC(SC[C@H]4CCN5CC[C@H](CO)N=C5N4)C3=O)=C(C[C@@H](C)C[C@H](OC)[C@H](O)[C@@H](C)/C=C(\C)[C@@H]1OC(N)=O)C2=O. The maximum Gasteiger partial charge on any atom is 0.405 e. The first kappa shape index (κ1) is 54.6. The van der Waals surface area contributed by atoms with Crippen LogP contribution in [-0.2, 0) is 43.0 Å². The summed E-state index contributed by atoms with van der Waals surface area (Å²) in [6.07, 6.45) is 5.76. The zero-order valence-electron chi connectivity index (χ0n) is 40.5. The van der Waals surface area contributed by atoms with Crippen LogP contribution in [0.3, 0.4) is 0 Å². The summed E-state index contributed by atoms with van der Waals surface area (Å²) in [5.74, 6) is -1.88. The summed E-state index contributed by atoms with van der Waals surface area (Å²) in [6.45, 7) is 9.16. The molecule has 1 aliphatic carbocycles. The number of thioether (sulfide) groups is 1. The zero-order valence-corrected chi connectivity index (χ0v) is 41.3. The predicted octanol–water partition coefficient (Wildman–Crippen LogP) is 1.28. The number of nitrogens with zero attached hydrogens (tertiary/aromatic N) is 3. The number of carbonyl (C=O) groups is 7. The number of amides is 5. The average Bonchev–Trinajstić information content (AvgIpc) is 3.59. The third kappa shape index (κ3) is 15.1. The molecule has 0 spiro atoms. The minimum Gasteiger partial charge on any atom is -0.439 e. The van der Waals surface area contributed by atoms with Gasteiger partial charge in [0, 0.05) is 94.7 Å². The summed E-state index contributed by atoms with van der Waals surface area (Å²) in [4.78, 5) is 99.8. The van der Waals surface area contributed by atoms with Gasteiger partial charge in [0.1, 0.15) is 6.10 Å². The number of methoxy groups -OCH3 is 2. The Morgan fingerprint density at radius 3 is 2.49 bits per heavy atom. The van der Waals surface area contributed by atoms with Gasteiger partial charge in [0.2, 0.25) is 29.3 Å². The van der Waals surface area contributed by atoms with Gasteiger partial charge in [-0.05, 0) is 63.9 Å². The van der Waals surface area contributed by atoms with E-state index in [1.165, 1.54) is 50.0 Å². The van der Waals surface area contributed by atoms with Crippen molar-refractivity contribution in [2.24, 2.45) is 22.6 Å². The summed E-state index contributed by atoms with van der Waals surface area (Å²) < 4.78 is 16.7. The Bertz CT molecular complexity index is 2120. The smallest absolute Gasteiger partial charge is 0.405 e. The molecule has 4 aliphatic heterocycles. The number of carbonyl (C=O) groups excluding carboxylic acids is 7. The van der Waals surface area contributed by atoms with E-state index in [1.807, 2.05) is 6.92 Å². The number of primary amides is 1. The van der Waals surface area contributed by atoms with Gasteiger partial charge >= 0.3 is 6.09 Å². The van der Waals surface area contributed by atoms with Crippen LogP contribution in [0.25, 0.3) is 0 Å². The average molecular weight is 983 g/mol. The number of guanidine groups is 1. The molecule has 5 amide bonds. The van der Waals surface area contributed by atoms with Crippen molar-refractivity contribution in [3.05, 3.63) is 58.5 Å². The monoisotopic (exact) mass is 982 g/mol. The van der Waals surface area contributed by atoms with E-state index in [0.29, 0.717) is 24.2 Å². The van der Waals surface area contributed by atoms with Crippen LogP contribution < -0.4 is 27.0 Å². The number of Topliss-reactive ketones (excluding diaryl/α,β-unsaturated/α-hetero) is 1. The molecule has 0 saturated carbocycles. The van der Waals surface area contributed by atoms with Crippen LogP contribution in [0.1, 0.15) is 79.1 Å². The second-order valence-corrected chi connectivity index (χ2v) is 19.5. The lowest BCUT2D eigenvalue weighted by atomic mass is 9.85. The minimum atomic E-state index is -1.04. The van der Waals surface area contributed by atoms with Crippen molar-refractivity contribution in [1.29, 1.82) is 0 Å². The fourth-order valence-corrected chi connectivity index (χ4v) is 10.2. The fourth-order valence-electron chi connectivity index (χ4n) is 8.94. The summed E-state index contributed by atoms with van der Waals surface area (Å²) in [6, 6.07) is -0.0187. The number of aliphatic hydroxyl groups excluding tert-OH is 2. The molecule has 1 unspecified atom stereocenters. The van der Waals surface area contributed by atoms with E-state index in [2.05, 4.69) is 31.2 Å². The second-order valence-electron chi connectivity index (χ2n) is 18.3. The van der Waals surface area contributed by atoms with E-state index in [4.69, 9.17) is 19.9 Å². The van der Waals surface area contributed by atoms with Crippen molar-refractivity contribution in [1.82, 2.24) is 31.1 Å². The van der Waals surface area contributed by atoms with Gasteiger partial charge in [0.15, 0.2) is 12.1 Å². The summed E-state index contributed by atoms with van der Waals surface area (Å²) in [5, 5.41) is 32.5. The van der Waals surface area contributed by atoms with Crippen molar-refractivity contribution in [3.63, 3.8) is 0 Å². The lowest BCUT2D eigenvalue weighted by molar-refractivity contribution is -0.138. The predicted molar refractivity (Wildman–Crippen MR) is 258 cm³/mol. The minimum absolute atomic E-state index is 0.00507. The molecule has 2 saturated heterocycles. The fraction of sp³-hybridized carbons (Fsp3) is 0.625. The number of fused-ring (bicyclic) bond motifs is 3. The number of ketones is 2. The number of hydrogen-bond donors (Lipinski definition) is 7. The Kier molecular flexibility index (Phi) is 20.6. The molecule has 0 aromatic rings. The molecule has 2 fully saturated rings. The number of allylic oxidation sites excluding steroid dienone is 4. The number of aliphatic hydroxyl groups is 2. The molecule has 69 heavy (non-hydrogen) atoms. The van der Waals surface area contributed by atoms with Crippen LogP contribution in [0.4, 0.5) is 4.79 Å². The van der Waals surface area contributed by atoms with Gasteiger partial charge in [-0.25, -0.2) is 9.79 Å². The van der Waals surface area contributed by atoms with Crippen LogP contribution >= 0.6 is 11.8 Å². The lowest BCUT2D eigenvalue weighted by Crippen LogP contribution is -2.56. The molecule has 0 radical (unpaired) electrons. The molecule has 8 N–H and O–H groups in total. The molecular formula is C48H70N8O12S. The Morgan fingerprint density at radius 2 is 1.78 bits per heavy atom. The number of nitrogens with two attached hydrogens (primary N) is 1. The number of imide groups is 1. The quantitative estimate of drug-likeness (QED) is 0.0497. The van der Waals surface area contributed by atoms with Crippen molar-refractivity contribution >= 4 is 59.0 Å². The van der Waals surface area contributed by atoms with Gasteiger partial charge in [-0.2, -0.15) is 0 Å². The standard InChI is InChI=1S/C48H70N8O12S/c1-27-20-33-41(51-16-9-15-50-39(59)12-8-17-56-40(60)24-38(46(56)64)69-26-32-14-19-55-18-13-31(25-57)52-48(55)53-32)35(58)23-34(43(33)62)54-45(63)28(2)10-7-11-36(66-5)44(68-47(49)65)30(4)22-29(3)42(61)37(21-27)67-6/h7,10-11,22-23,27,29,31-32,36-38,42,44,51,57,61H,8-9,12-21,24-26H2,1-6H3,(H2,49,65)(H,50,59)(H,52,53)(H,54,63)/b11-7-,28-10+,30-22+/t27-,29+,31-,32-,36+,37+,38?,42-,44+/m1/s1. The van der Waals surface area contributed by atoms with Gasteiger partial charge in [-0.3, -0.25) is 33.7 Å². The highest BCUT2D eigenvalue weighted by atomic mass is 32.2. The largest absolute Gasteiger partial charge is 0.439 e. The number of rotatable bonds is 16. The molecule has 0 aromatic carbocycles. The third-order valence-corrected chi connectivity index (χ3v) is 14.3. The van der Waals surface area contributed by atoms with E-state index in [1.54, 1.807) is 26.0 Å². The first-order valence-electron chi connectivity index (χ1n) is 23.7. The summed E-state index contributed by atoms with van der Waals surface area (Å²) in [5.41, 5.74) is 6.16. The molecule has 2 bridgehead atoms. The van der Waals surface area contributed by atoms with Crippen molar-refractivity contribution < 1.29 is 58.0 Å². The summed E-state index contributed by atoms with van der Waals surface area (Å²) >= 11 is 1.45. The van der Waals surface area contributed by atoms with Crippen molar-refractivity contribution in [3.8, 4) is 0 Å². The van der Waals surface area contributed by atoms with E-state index in [0.717, 1.165) is 38.0 Å². The van der Waals surface area contributed by atoms with Gasteiger partial charge < -0.3 is 56.3 Å². The van der Waals surface area contributed by atoms with E-state index < -0.39 is 59.2 Å². The number of nitrogens with one attached hydrogen (secondary N) is 4. The third-order valence-electron chi connectivity index (χ3n) is 12.9. The first-order valence-corrected chi connectivity index (χ1v) is 24.7. The molecule has 5 aliphatic rings. The molecule has 380 valence electrons. The molecule has 21 heteroatoms. The highest BCUT2D eigenvalue weighted by molar-refractivity contribution is 8.00. The zero-order chi connectivity index (χ0) is 50.4. The Labute approximate surface area is 408 Å². The van der Waals surface area contributed by atoms with E-state index >= 15 is 0 Å². The second kappa shape index (κ2) is 26.0. The number of ether oxygens (including phenoxy) is 3. The Balaban J connectivity index is 1.15. The molecule has 9 atom stereocenters. The van der Waals surface area contributed by atoms with Crippen LogP contribution in [0.5, 0.6) is 0 Å². The molecule has 20 nitrogen and oxygen atoms in total. The van der Waals surface area contributed by atoms with Crippen molar-refractivity contribution in [2.45, 2.75) is 121 Å². The number of likely N-dealkylation sites (tertiary alicyclic amines) is 1. The van der Waals surface area contributed by atoms with Gasteiger partial charge in [0.25, 0.3) is 5.91 Å². The highest BCUT2D eigenvalue weighted by Gasteiger charge is 2.40. The molecule has 5 rings (SSSR count). The maximum absolute atomic E-state index is 14.1. The topological polar surface area (TPSA) is 281 Å².